The lowest BCUT2D eigenvalue weighted by Gasteiger charge is -2.16. The number of amides is 1. The number of carbonyl (C=O) groups is 1. The highest BCUT2D eigenvalue weighted by molar-refractivity contribution is 5.77. The van der Waals surface area contributed by atoms with Gasteiger partial charge in [0.1, 0.15) is 5.76 Å². The molecule has 0 aliphatic carbocycles. The molecule has 0 spiro atoms. The van der Waals surface area contributed by atoms with Crippen molar-refractivity contribution in [2.75, 3.05) is 27.3 Å². The molecule has 0 radical (unpaired) electrons. The van der Waals surface area contributed by atoms with Crippen molar-refractivity contribution in [2.24, 2.45) is 5.92 Å². The van der Waals surface area contributed by atoms with Crippen molar-refractivity contribution in [2.45, 2.75) is 32.3 Å². The highest BCUT2D eigenvalue weighted by Crippen LogP contribution is 2.28. The van der Waals surface area contributed by atoms with Crippen LogP contribution < -0.4 is 9.47 Å². The number of aliphatic hydroxyl groups excluding tert-OH is 1. The molecule has 1 fully saturated rings. The molecule has 2 heterocycles. The second kappa shape index (κ2) is 8.43. The van der Waals surface area contributed by atoms with Crippen LogP contribution in [0.5, 0.6) is 11.5 Å². The van der Waals surface area contributed by atoms with E-state index in [0.717, 1.165) is 17.0 Å². The summed E-state index contributed by atoms with van der Waals surface area (Å²) in [5, 5.41) is 14.2. The molecule has 1 saturated heterocycles. The second-order valence-corrected chi connectivity index (χ2v) is 6.95. The van der Waals surface area contributed by atoms with Gasteiger partial charge in [0, 0.05) is 37.9 Å². The molecule has 3 rings (SSSR count). The minimum atomic E-state index is -0.541. The Kier molecular flexibility index (Phi) is 6.01. The van der Waals surface area contributed by atoms with Crippen molar-refractivity contribution >= 4 is 5.91 Å². The van der Waals surface area contributed by atoms with Gasteiger partial charge in [-0.3, -0.25) is 4.79 Å². The van der Waals surface area contributed by atoms with Gasteiger partial charge in [0.15, 0.2) is 11.5 Å². The van der Waals surface area contributed by atoms with Crippen LogP contribution in [0.15, 0.2) is 28.8 Å². The molecule has 7 heteroatoms. The molecule has 2 aromatic rings. The predicted molar refractivity (Wildman–Crippen MR) is 98.9 cm³/mol. The zero-order chi connectivity index (χ0) is 19.4. The predicted octanol–water partition coefficient (Wildman–Crippen LogP) is 1.99. The van der Waals surface area contributed by atoms with Crippen LogP contribution in [-0.4, -0.2) is 54.5 Å². The number of hydrogen-bond donors (Lipinski definition) is 1. The van der Waals surface area contributed by atoms with Gasteiger partial charge in [-0.15, -0.1) is 0 Å². The smallest absolute Gasteiger partial charge is 0.223 e. The summed E-state index contributed by atoms with van der Waals surface area (Å²) in [4.78, 5) is 14.3. The zero-order valence-electron chi connectivity index (χ0n) is 16.0. The number of aryl methyl sites for hydroxylation is 2. The SMILES string of the molecule is COc1ccc(CCC(=O)N2C[C@@H](Cc3cc(C)no3)[C@H](O)C2)cc1OC. The number of aromatic nitrogens is 1. The Balaban J connectivity index is 1.54. The fraction of sp³-hybridized carbons (Fsp3) is 0.500. The average Bonchev–Trinajstić information content (AvgIpc) is 3.25. The second-order valence-electron chi connectivity index (χ2n) is 6.95. The van der Waals surface area contributed by atoms with Crippen LogP contribution in [0.3, 0.4) is 0 Å². The fourth-order valence-corrected chi connectivity index (χ4v) is 3.47. The van der Waals surface area contributed by atoms with Gasteiger partial charge < -0.3 is 24.0 Å². The number of hydrogen-bond acceptors (Lipinski definition) is 6. The van der Waals surface area contributed by atoms with Crippen molar-refractivity contribution in [3.63, 3.8) is 0 Å². The highest BCUT2D eigenvalue weighted by Gasteiger charge is 2.34. The number of rotatable bonds is 7. The molecule has 1 aliphatic rings. The maximum Gasteiger partial charge on any atom is 0.223 e. The number of benzene rings is 1. The minimum Gasteiger partial charge on any atom is -0.493 e. The molecule has 1 aromatic carbocycles. The third-order valence-corrected chi connectivity index (χ3v) is 4.97. The van der Waals surface area contributed by atoms with Crippen LogP contribution in [0.25, 0.3) is 0 Å². The normalized spacial score (nSPS) is 19.3. The third kappa shape index (κ3) is 4.60. The standard InChI is InChI=1S/C20H26N2O5/c1-13-8-16(27-21-13)10-15-11-22(12-17(15)23)20(24)7-5-14-4-6-18(25-2)19(9-14)26-3/h4,6,8-9,15,17,23H,5,7,10-12H2,1-3H3/t15-,17-/m1/s1. The summed E-state index contributed by atoms with van der Waals surface area (Å²) < 4.78 is 15.8. The molecule has 7 nitrogen and oxygen atoms in total. The Labute approximate surface area is 158 Å². The van der Waals surface area contributed by atoms with Gasteiger partial charge in [-0.2, -0.15) is 0 Å². The van der Waals surface area contributed by atoms with Gasteiger partial charge in [0.2, 0.25) is 5.91 Å². The van der Waals surface area contributed by atoms with Crippen molar-refractivity contribution in [3.05, 3.63) is 41.3 Å². The van der Waals surface area contributed by atoms with E-state index >= 15 is 0 Å². The summed E-state index contributed by atoms with van der Waals surface area (Å²) in [5.41, 5.74) is 1.83. The molecule has 1 aliphatic heterocycles. The van der Waals surface area contributed by atoms with E-state index in [-0.39, 0.29) is 11.8 Å². The van der Waals surface area contributed by atoms with E-state index in [9.17, 15) is 9.90 Å². The number of β-amino-alcohol motifs (C(OH)–C–C–N with tert-alkyl or cyclic N) is 1. The first-order valence-corrected chi connectivity index (χ1v) is 9.09. The first kappa shape index (κ1) is 19.2. The van der Waals surface area contributed by atoms with Crippen molar-refractivity contribution in [1.82, 2.24) is 10.1 Å². The van der Waals surface area contributed by atoms with Crippen molar-refractivity contribution in [3.8, 4) is 11.5 Å². The number of carbonyl (C=O) groups excluding carboxylic acids is 1. The summed E-state index contributed by atoms with van der Waals surface area (Å²) in [6, 6.07) is 7.53. The van der Waals surface area contributed by atoms with E-state index in [1.165, 1.54) is 0 Å². The van der Waals surface area contributed by atoms with Crippen molar-refractivity contribution in [1.29, 1.82) is 0 Å². The number of nitrogens with zero attached hydrogens (tertiary/aromatic N) is 2. The Morgan fingerprint density at radius 3 is 2.70 bits per heavy atom. The molecule has 27 heavy (non-hydrogen) atoms. The summed E-state index contributed by atoms with van der Waals surface area (Å²) in [6.45, 7) is 2.76. The average molecular weight is 374 g/mol. The van der Waals surface area contributed by atoms with E-state index in [2.05, 4.69) is 5.16 Å². The zero-order valence-corrected chi connectivity index (χ0v) is 16.0. The lowest BCUT2D eigenvalue weighted by atomic mass is 10.0. The maximum atomic E-state index is 12.6. The van der Waals surface area contributed by atoms with Crippen LogP contribution in [0.2, 0.25) is 0 Å². The number of likely N-dealkylation sites (tertiary alicyclic amines) is 1. The van der Waals surface area contributed by atoms with E-state index in [4.69, 9.17) is 14.0 Å². The molecule has 146 valence electrons. The molecule has 0 bridgehead atoms. The molecular weight excluding hydrogens is 348 g/mol. The summed E-state index contributed by atoms with van der Waals surface area (Å²) >= 11 is 0. The van der Waals surface area contributed by atoms with Gasteiger partial charge in [-0.25, -0.2) is 0 Å². The molecule has 0 saturated carbocycles. The van der Waals surface area contributed by atoms with Gasteiger partial charge in [0.05, 0.1) is 26.0 Å². The fourth-order valence-electron chi connectivity index (χ4n) is 3.47. The monoisotopic (exact) mass is 374 g/mol. The largest absolute Gasteiger partial charge is 0.493 e. The molecule has 2 atom stereocenters. The quantitative estimate of drug-likeness (QED) is 0.798. The van der Waals surface area contributed by atoms with Crippen LogP contribution in [0.1, 0.15) is 23.4 Å². The van der Waals surface area contributed by atoms with Crippen molar-refractivity contribution < 1.29 is 23.9 Å². The number of aliphatic hydroxyl groups is 1. The molecular formula is C20H26N2O5. The molecule has 0 unspecified atom stereocenters. The number of ether oxygens (including phenoxy) is 2. The van der Waals surface area contributed by atoms with Crippen LogP contribution in [-0.2, 0) is 17.6 Å². The molecule has 1 aromatic heterocycles. The summed E-state index contributed by atoms with van der Waals surface area (Å²) in [7, 11) is 3.19. The Hall–Kier alpha value is -2.54. The van der Waals surface area contributed by atoms with Gasteiger partial charge in [0.25, 0.3) is 0 Å². The van der Waals surface area contributed by atoms with Gasteiger partial charge >= 0.3 is 0 Å². The van der Waals surface area contributed by atoms with Crippen LogP contribution in [0, 0.1) is 12.8 Å². The highest BCUT2D eigenvalue weighted by atomic mass is 16.5. The topological polar surface area (TPSA) is 85.0 Å². The Morgan fingerprint density at radius 2 is 2.04 bits per heavy atom. The van der Waals surface area contributed by atoms with E-state index < -0.39 is 6.10 Å². The lowest BCUT2D eigenvalue weighted by molar-refractivity contribution is -0.130. The van der Waals surface area contributed by atoms with Crippen LogP contribution in [0.4, 0.5) is 0 Å². The first-order chi connectivity index (χ1) is 13.0. The van der Waals surface area contributed by atoms with Crippen LogP contribution >= 0.6 is 0 Å². The summed E-state index contributed by atoms with van der Waals surface area (Å²) in [6.07, 6.45) is 1.04. The van der Waals surface area contributed by atoms with Gasteiger partial charge in [-0.05, 0) is 31.0 Å². The minimum absolute atomic E-state index is 0.0256. The Morgan fingerprint density at radius 1 is 1.26 bits per heavy atom. The van der Waals surface area contributed by atoms with Gasteiger partial charge in [-0.1, -0.05) is 11.2 Å². The maximum absolute atomic E-state index is 12.6. The molecule has 1 N–H and O–H groups in total. The first-order valence-electron chi connectivity index (χ1n) is 9.09. The van der Waals surface area contributed by atoms with E-state index in [1.807, 2.05) is 31.2 Å². The van der Waals surface area contributed by atoms with E-state index in [1.54, 1.807) is 19.1 Å². The Bertz CT molecular complexity index is 788. The third-order valence-electron chi connectivity index (χ3n) is 4.97. The van der Waals surface area contributed by atoms with E-state index in [0.29, 0.717) is 43.9 Å². The lowest BCUT2D eigenvalue weighted by Crippen LogP contribution is -2.29. The summed E-state index contributed by atoms with van der Waals surface area (Å²) in [5.74, 6) is 2.08. The molecule has 1 amide bonds. The number of methoxy groups -OCH3 is 2.